The lowest BCUT2D eigenvalue weighted by molar-refractivity contribution is -0.137. The van der Waals surface area contributed by atoms with Crippen LogP contribution < -0.4 is 4.72 Å². The minimum atomic E-state index is -4.55. The molecule has 172 valence electrons. The number of alkyl halides is 3. The predicted octanol–water partition coefficient (Wildman–Crippen LogP) is 4.23. The molecule has 0 aromatic heterocycles. The van der Waals surface area contributed by atoms with Crippen molar-refractivity contribution in [2.75, 3.05) is 13.1 Å². The summed E-state index contributed by atoms with van der Waals surface area (Å²) in [6.45, 7) is 0.430. The third kappa shape index (κ3) is 4.99. The molecular weight excluding hydrogens is 441 g/mol. The number of halogens is 3. The summed E-state index contributed by atoms with van der Waals surface area (Å²) in [4.78, 5) is 13.7. The summed E-state index contributed by atoms with van der Waals surface area (Å²) in [5.74, 6) is -0.130. The second kappa shape index (κ2) is 8.86. The molecule has 9 heteroatoms. The SMILES string of the molecule is O=C1CCCN1CC(NS(=O)(=O)c1ccc2c(c1)CCCC2)c1cccc(C(F)(F)F)c1. The Labute approximate surface area is 185 Å². The van der Waals surface area contributed by atoms with E-state index in [1.807, 2.05) is 6.07 Å². The Bertz CT molecular complexity index is 1120. The number of hydrogen-bond acceptors (Lipinski definition) is 3. The minimum absolute atomic E-state index is 0.0235. The molecule has 0 radical (unpaired) electrons. The topological polar surface area (TPSA) is 66.5 Å². The average molecular weight is 467 g/mol. The van der Waals surface area contributed by atoms with Crippen LogP contribution in [0.25, 0.3) is 0 Å². The number of benzene rings is 2. The van der Waals surface area contributed by atoms with E-state index in [9.17, 15) is 26.4 Å². The van der Waals surface area contributed by atoms with Crippen LogP contribution in [-0.2, 0) is 33.8 Å². The van der Waals surface area contributed by atoms with Gasteiger partial charge in [0.05, 0.1) is 16.5 Å². The van der Waals surface area contributed by atoms with Crippen LogP contribution in [0.1, 0.15) is 54.0 Å². The van der Waals surface area contributed by atoms with E-state index in [2.05, 4.69) is 4.72 Å². The van der Waals surface area contributed by atoms with Crippen molar-refractivity contribution in [2.24, 2.45) is 0 Å². The minimum Gasteiger partial charge on any atom is -0.341 e. The van der Waals surface area contributed by atoms with Crippen LogP contribution in [0, 0.1) is 0 Å². The molecule has 0 saturated carbocycles. The monoisotopic (exact) mass is 466 g/mol. The molecule has 1 fully saturated rings. The molecule has 5 nitrogen and oxygen atoms in total. The first-order valence-electron chi connectivity index (χ1n) is 10.7. The van der Waals surface area contributed by atoms with Crippen molar-refractivity contribution in [3.63, 3.8) is 0 Å². The summed E-state index contributed by atoms with van der Waals surface area (Å²) in [6, 6.07) is 8.60. The van der Waals surface area contributed by atoms with Gasteiger partial charge in [-0.2, -0.15) is 13.2 Å². The van der Waals surface area contributed by atoms with E-state index < -0.39 is 27.8 Å². The van der Waals surface area contributed by atoms with Crippen LogP contribution >= 0.6 is 0 Å². The number of likely N-dealkylation sites (tertiary alicyclic amines) is 1. The van der Waals surface area contributed by atoms with Gasteiger partial charge in [-0.1, -0.05) is 18.2 Å². The van der Waals surface area contributed by atoms with Crippen LogP contribution in [0.15, 0.2) is 47.4 Å². The largest absolute Gasteiger partial charge is 0.416 e. The zero-order valence-corrected chi connectivity index (χ0v) is 18.3. The highest BCUT2D eigenvalue weighted by Crippen LogP contribution is 2.32. The van der Waals surface area contributed by atoms with Crippen molar-refractivity contribution in [3.8, 4) is 0 Å². The fourth-order valence-electron chi connectivity index (χ4n) is 4.39. The molecule has 1 aliphatic carbocycles. The second-order valence-electron chi connectivity index (χ2n) is 8.38. The number of carbonyl (C=O) groups excluding carboxylic acids is 1. The molecule has 2 aliphatic rings. The standard InChI is InChI=1S/C23H25F3N2O3S/c24-23(25,26)19-8-3-7-18(13-19)21(15-28-12-4-9-22(28)29)27-32(30,31)20-11-10-16-5-1-2-6-17(16)14-20/h3,7-8,10-11,13-14,21,27H,1-2,4-6,9,12,15H2. The molecule has 0 bridgehead atoms. The van der Waals surface area contributed by atoms with Crippen LogP contribution in [-0.4, -0.2) is 32.3 Å². The number of amides is 1. The first-order chi connectivity index (χ1) is 15.1. The zero-order chi connectivity index (χ0) is 22.9. The molecular formula is C23H25F3N2O3S. The van der Waals surface area contributed by atoms with E-state index in [0.29, 0.717) is 19.4 Å². The van der Waals surface area contributed by atoms with Gasteiger partial charge in [0.2, 0.25) is 15.9 Å². The van der Waals surface area contributed by atoms with E-state index >= 15 is 0 Å². The first-order valence-corrected chi connectivity index (χ1v) is 12.2. The Hall–Kier alpha value is -2.39. The van der Waals surface area contributed by atoms with E-state index in [-0.39, 0.29) is 22.9 Å². The maximum absolute atomic E-state index is 13.3. The van der Waals surface area contributed by atoms with Gasteiger partial charge in [0.15, 0.2) is 0 Å². The highest BCUT2D eigenvalue weighted by molar-refractivity contribution is 7.89. The first kappa shape index (κ1) is 22.8. The van der Waals surface area contributed by atoms with E-state index in [4.69, 9.17) is 0 Å². The van der Waals surface area contributed by atoms with Crippen molar-refractivity contribution in [1.82, 2.24) is 9.62 Å². The summed E-state index contributed by atoms with van der Waals surface area (Å²) in [6.07, 6.45) is 0.220. The third-order valence-corrected chi connectivity index (χ3v) is 7.59. The average Bonchev–Trinajstić information content (AvgIpc) is 3.16. The van der Waals surface area contributed by atoms with Gasteiger partial charge in [-0.05, 0) is 73.1 Å². The fraction of sp³-hybridized carbons (Fsp3) is 0.435. The van der Waals surface area contributed by atoms with Gasteiger partial charge in [-0.15, -0.1) is 0 Å². The Morgan fingerprint density at radius 3 is 2.41 bits per heavy atom. The van der Waals surface area contributed by atoms with Crippen molar-refractivity contribution in [3.05, 3.63) is 64.7 Å². The third-order valence-electron chi connectivity index (χ3n) is 6.12. The van der Waals surface area contributed by atoms with Gasteiger partial charge in [0.1, 0.15) is 0 Å². The van der Waals surface area contributed by atoms with Crippen molar-refractivity contribution in [2.45, 2.75) is 55.6 Å². The molecule has 1 amide bonds. The smallest absolute Gasteiger partial charge is 0.341 e. The number of hydrogen-bond donors (Lipinski definition) is 1. The second-order valence-corrected chi connectivity index (χ2v) is 10.1. The van der Waals surface area contributed by atoms with E-state index in [1.54, 1.807) is 6.07 Å². The van der Waals surface area contributed by atoms with Crippen LogP contribution in [0.4, 0.5) is 13.2 Å². The van der Waals surface area contributed by atoms with Gasteiger partial charge in [-0.3, -0.25) is 4.79 Å². The fourth-order valence-corrected chi connectivity index (χ4v) is 5.66. The van der Waals surface area contributed by atoms with Gasteiger partial charge >= 0.3 is 6.18 Å². The van der Waals surface area contributed by atoms with E-state index in [0.717, 1.165) is 48.9 Å². The summed E-state index contributed by atoms with van der Waals surface area (Å²) >= 11 is 0. The number of rotatable bonds is 6. The molecule has 4 rings (SSSR count). The van der Waals surface area contributed by atoms with Crippen LogP contribution in [0.3, 0.4) is 0 Å². The number of sulfonamides is 1. The van der Waals surface area contributed by atoms with Gasteiger partial charge in [0, 0.05) is 19.5 Å². The number of fused-ring (bicyclic) bond motifs is 1. The highest BCUT2D eigenvalue weighted by Gasteiger charge is 2.33. The normalized spacial score (nSPS) is 18.0. The molecule has 1 saturated heterocycles. The number of carbonyl (C=O) groups is 1. The van der Waals surface area contributed by atoms with Crippen LogP contribution in [0.2, 0.25) is 0 Å². The Balaban J connectivity index is 1.66. The summed E-state index contributed by atoms with van der Waals surface area (Å²) in [5.41, 5.74) is 1.43. The molecule has 1 unspecified atom stereocenters. The van der Waals surface area contributed by atoms with Crippen LogP contribution in [0.5, 0.6) is 0 Å². The maximum Gasteiger partial charge on any atom is 0.416 e. The van der Waals surface area contributed by atoms with Gasteiger partial charge in [0.25, 0.3) is 0 Å². The molecule has 2 aromatic rings. The lowest BCUT2D eigenvalue weighted by atomic mass is 9.92. The number of nitrogens with one attached hydrogen (secondary N) is 1. The molecule has 2 aromatic carbocycles. The summed E-state index contributed by atoms with van der Waals surface area (Å²) in [7, 11) is -4.02. The molecule has 1 heterocycles. The number of aryl methyl sites for hydroxylation is 2. The maximum atomic E-state index is 13.3. The molecule has 1 N–H and O–H groups in total. The molecule has 32 heavy (non-hydrogen) atoms. The Morgan fingerprint density at radius 1 is 0.969 bits per heavy atom. The Morgan fingerprint density at radius 2 is 1.72 bits per heavy atom. The molecule has 1 aliphatic heterocycles. The Kier molecular flexibility index (Phi) is 6.31. The quantitative estimate of drug-likeness (QED) is 0.693. The predicted molar refractivity (Wildman–Crippen MR) is 113 cm³/mol. The molecule has 1 atom stereocenters. The van der Waals surface area contributed by atoms with Crippen molar-refractivity contribution in [1.29, 1.82) is 0 Å². The van der Waals surface area contributed by atoms with E-state index in [1.165, 1.54) is 23.1 Å². The summed E-state index contributed by atoms with van der Waals surface area (Å²) in [5, 5.41) is 0. The van der Waals surface area contributed by atoms with Gasteiger partial charge in [-0.25, -0.2) is 13.1 Å². The lowest BCUT2D eigenvalue weighted by Crippen LogP contribution is -2.38. The molecule has 0 spiro atoms. The summed E-state index contributed by atoms with van der Waals surface area (Å²) < 4.78 is 68.7. The lowest BCUT2D eigenvalue weighted by Gasteiger charge is -2.26. The number of nitrogens with zero attached hydrogens (tertiary/aromatic N) is 1. The van der Waals surface area contributed by atoms with Gasteiger partial charge < -0.3 is 4.90 Å². The van der Waals surface area contributed by atoms with Crippen molar-refractivity contribution < 1.29 is 26.4 Å². The highest BCUT2D eigenvalue weighted by atomic mass is 32.2. The van der Waals surface area contributed by atoms with Crippen molar-refractivity contribution >= 4 is 15.9 Å². The zero-order valence-electron chi connectivity index (χ0n) is 17.5.